The van der Waals surface area contributed by atoms with Crippen molar-refractivity contribution in [2.24, 2.45) is 0 Å². The zero-order valence-corrected chi connectivity index (χ0v) is 31.4. The van der Waals surface area contributed by atoms with E-state index in [-0.39, 0.29) is 8.89 Å². The summed E-state index contributed by atoms with van der Waals surface area (Å²) in [6.07, 6.45) is 29.9. The first kappa shape index (κ1) is 39.5. The average Bonchev–Trinajstić information content (AvgIpc) is 3.41. The molecule has 42 heavy (non-hydrogen) atoms. The largest absolute Gasteiger partial charge is 0.272 e. The fraction of sp³-hybridized carbons (Fsp3) is 0.938. The van der Waals surface area contributed by atoms with E-state index in [4.69, 9.17) is 0 Å². The summed E-state index contributed by atoms with van der Waals surface area (Å²) in [5.41, 5.74) is 0. The minimum atomic E-state index is 0.258. The van der Waals surface area contributed by atoms with Crippen molar-refractivity contribution in [3.63, 3.8) is 0 Å². The van der Waals surface area contributed by atoms with E-state index in [1.165, 1.54) is 193 Å². The van der Waals surface area contributed by atoms with Gasteiger partial charge in [-0.25, -0.2) is 8.61 Å². The van der Waals surface area contributed by atoms with Gasteiger partial charge in [-0.3, -0.25) is 9.59 Å². The Balaban J connectivity index is 1.49. The summed E-state index contributed by atoms with van der Waals surface area (Å²) in [6.45, 7) is 6.55. The first-order chi connectivity index (χ1) is 20.7. The van der Waals surface area contributed by atoms with Crippen molar-refractivity contribution in [3.8, 4) is 0 Å². The van der Waals surface area contributed by atoms with Gasteiger partial charge in [0.15, 0.2) is 0 Å². The van der Waals surface area contributed by atoms with Crippen LogP contribution in [0.3, 0.4) is 0 Å². The summed E-state index contributed by atoms with van der Waals surface area (Å²) in [4.78, 5) is 24.9. The van der Waals surface area contributed by atoms with Crippen LogP contribution < -0.4 is 0 Å². The molecule has 0 radical (unpaired) electrons. The molecule has 1 atom stereocenters. The predicted octanol–water partition coefficient (Wildman–Crippen LogP) is 13.3. The Kier molecular flexibility index (Phi) is 26.9. The third-order valence-electron chi connectivity index (χ3n) is 8.05. The lowest BCUT2D eigenvalue weighted by Crippen LogP contribution is -2.17. The van der Waals surface area contributed by atoms with Crippen LogP contribution in [0.15, 0.2) is 0 Å². The van der Waals surface area contributed by atoms with Crippen LogP contribution in [0.2, 0.25) is 0 Å². The molecule has 0 aromatic carbocycles. The number of hydrogen-bond donors (Lipinski definition) is 0. The summed E-state index contributed by atoms with van der Waals surface area (Å²) in [5.74, 6) is 1.08. The van der Waals surface area contributed by atoms with Crippen molar-refractivity contribution in [2.75, 3.05) is 31.9 Å². The summed E-state index contributed by atoms with van der Waals surface area (Å²) >= 11 is 2.93. The standard InChI is InChI=1S/C32H60N2O2S6/c1-2-3-4-5-9-16-23-30(40-42-32(36)39-34-27-20-13-14-21-28-34)24-17-10-7-6-8-15-22-29-37-41-31(35)38-33-25-18-11-12-19-26-33/h30H,2-29H2,1H3. The first-order valence-corrected chi connectivity index (χ1v) is 23.3. The van der Waals surface area contributed by atoms with Gasteiger partial charge in [-0.2, -0.15) is 0 Å². The van der Waals surface area contributed by atoms with Gasteiger partial charge in [0.05, 0.1) is 0 Å². The van der Waals surface area contributed by atoms with E-state index in [0.29, 0.717) is 5.25 Å². The molecule has 0 N–H and O–H groups in total. The second kappa shape index (κ2) is 28.6. The van der Waals surface area contributed by atoms with E-state index < -0.39 is 0 Å². The molecule has 2 saturated heterocycles. The van der Waals surface area contributed by atoms with E-state index in [9.17, 15) is 9.59 Å². The van der Waals surface area contributed by atoms with Crippen molar-refractivity contribution in [1.29, 1.82) is 0 Å². The molecule has 2 aliphatic rings. The Hall–Kier alpha value is 1.36. The van der Waals surface area contributed by atoms with Crippen LogP contribution in [-0.4, -0.2) is 54.7 Å². The fourth-order valence-corrected chi connectivity index (χ4v) is 12.4. The molecule has 0 aliphatic carbocycles. The Morgan fingerprint density at radius 3 is 1.48 bits per heavy atom. The second-order valence-electron chi connectivity index (χ2n) is 11.9. The lowest BCUT2D eigenvalue weighted by Gasteiger charge is -2.18. The van der Waals surface area contributed by atoms with Crippen molar-refractivity contribution >= 4 is 76.0 Å². The van der Waals surface area contributed by atoms with Crippen LogP contribution in [0.1, 0.15) is 155 Å². The minimum Gasteiger partial charge on any atom is -0.272 e. The maximum Gasteiger partial charge on any atom is 0.271 e. The van der Waals surface area contributed by atoms with Gasteiger partial charge in [0.2, 0.25) is 0 Å². The van der Waals surface area contributed by atoms with Crippen molar-refractivity contribution in [1.82, 2.24) is 8.61 Å². The summed E-state index contributed by atoms with van der Waals surface area (Å²) < 4.78 is 5.12. The highest BCUT2D eigenvalue weighted by Gasteiger charge is 2.18. The van der Waals surface area contributed by atoms with Gasteiger partial charge in [0, 0.05) is 61.1 Å². The summed E-state index contributed by atoms with van der Waals surface area (Å²) in [6, 6.07) is 0. The minimum absolute atomic E-state index is 0.258. The van der Waals surface area contributed by atoms with Gasteiger partial charge in [-0.05, 0) is 66.5 Å². The molecular formula is C32H60N2O2S6. The summed E-state index contributed by atoms with van der Waals surface area (Å²) in [7, 11) is 6.59. The van der Waals surface area contributed by atoms with Crippen LogP contribution in [-0.2, 0) is 0 Å². The topological polar surface area (TPSA) is 40.6 Å². The highest BCUT2D eigenvalue weighted by Crippen LogP contribution is 2.38. The number of carbonyl (C=O) groups is 2. The van der Waals surface area contributed by atoms with Crippen LogP contribution in [0.25, 0.3) is 0 Å². The molecule has 0 amide bonds. The number of unbranched alkanes of at least 4 members (excludes halogenated alkanes) is 11. The van der Waals surface area contributed by atoms with Gasteiger partial charge in [-0.1, -0.05) is 131 Å². The Morgan fingerprint density at radius 1 is 0.548 bits per heavy atom. The van der Waals surface area contributed by atoms with E-state index in [1.54, 1.807) is 10.8 Å². The zero-order chi connectivity index (χ0) is 29.9. The van der Waals surface area contributed by atoms with E-state index in [1.807, 2.05) is 10.8 Å². The first-order valence-electron chi connectivity index (χ1n) is 17.2. The molecule has 2 rings (SSSR count). The normalized spacial score (nSPS) is 18.0. The van der Waals surface area contributed by atoms with Gasteiger partial charge in [0.1, 0.15) is 0 Å². The van der Waals surface area contributed by atoms with Crippen molar-refractivity contribution in [2.45, 2.75) is 160 Å². The van der Waals surface area contributed by atoms with E-state index >= 15 is 0 Å². The Bertz CT molecular complexity index is 659. The third-order valence-corrected chi connectivity index (χ3v) is 15.7. The number of carbonyl (C=O) groups excluding carboxylic acids is 2. The van der Waals surface area contributed by atoms with Crippen LogP contribution in [0.4, 0.5) is 9.59 Å². The molecule has 10 heteroatoms. The molecule has 0 bridgehead atoms. The van der Waals surface area contributed by atoms with Crippen LogP contribution in [0.5, 0.6) is 0 Å². The van der Waals surface area contributed by atoms with E-state index in [2.05, 4.69) is 15.5 Å². The maximum atomic E-state index is 12.7. The lowest BCUT2D eigenvalue weighted by atomic mass is 10.0. The summed E-state index contributed by atoms with van der Waals surface area (Å²) in [5, 5.41) is 0.615. The van der Waals surface area contributed by atoms with Crippen molar-refractivity contribution in [3.05, 3.63) is 0 Å². The molecule has 0 aromatic heterocycles. The third kappa shape index (κ3) is 22.8. The monoisotopic (exact) mass is 696 g/mol. The highest BCUT2D eigenvalue weighted by molar-refractivity contribution is 8.86. The molecule has 246 valence electrons. The Morgan fingerprint density at radius 2 is 0.976 bits per heavy atom. The smallest absolute Gasteiger partial charge is 0.271 e. The lowest BCUT2D eigenvalue weighted by molar-refractivity contribution is 0.275. The average molecular weight is 697 g/mol. The Labute approximate surface area is 284 Å². The van der Waals surface area contributed by atoms with Gasteiger partial charge in [0.25, 0.3) is 8.89 Å². The number of rotatable bonds is 22. The van der Waals surface area contributed by atoms with Gasteiger partial charge in [-0.15, -0.1) is 0 Å². The second-order valence-corrected chi connectivity index (χ2v) is 19.4. The molecule has 0 saturated carbocycles. The fourth-order valence-electron chi connectivity index (χ4n) is 5.51. The van der Waals surface area contributed by atoms with E-state index in [0.717, 1.165) is 31.9 Å². The molecule has 0 spiro atoms. The quantitative estimate of drug-likeness (QED) is 0.0620. The molecule has 4 nitrogen and oxygen atoms in total. The van der Waals surface area contributed by atoms with Crippen LogP contribution >= 0.6 is 67.1 Å². The molecule has 0 aromatic rings. The van der Waals surface area contributed by atoms with Crippen molar-refractivity contribution < 1.29 is 9.59 Å². The molecule has 2 aliphatic heterocycles. The SMILES string of the molecule is CCCCCCCCC(CCCCCCCCCSSC(=O)SN1CCCCCC1)SSC(=O)SN1CCCCCC1. The molecular weight excluding hydrogens is 637 g/mol. The van der Waals surface area contributed by atoms with Crippen LogP contribution in [0, 0.1) is 0 Å². The molecule has 2 heterocycles. The maximum absolute atomic E-state index is 12.7. The van der Waals surface area contributed by atoms with Gasteiger partial charge < -0.3 is 0 Å². The number of nitrogens with zero attached hydrogens (tertiary/aromatic N) is 2. The predicted molar refractivity (Wildman–Crippen MR) is 200 cm³/mol. The van der Waals surface area contributed by atoms with Gasteiger partial charge >= 0.3 is 0 Å². The highest BCUT2D eigenvalue weighted by atomic mass is 33.1. The molecule has 2 fully saturated rings. The molecule has 1 unspecified atom stereocenters. The zero-order valence-electron chi connectivity index (χ0n) is 26.5. The number of hydrogen-bond acceptors (Lipinski definition) is 10.